The predicted molar refractivity (Wildman–Crippen MR) is 84.3 cm³/mol. The van der Waals surface area contributed by atoms with E-state index in [2.05, 4.69) is 10.0 Å². The fourth-order valence-corrected chi connectivity index (χ4v) is 3.25. The molecule has 0 aromatic heterocycles. The molecule has 2 rings (SSSR count). The van der Waals surface area contributed by atoms with Gasteiger partial charge in [-0.25, -0.2) is 8.42 Å². The van der Waals surface area contributed by atoms with Crippen LogP contribution in [0.5, 0.6) is 0 Å². The number of benzene rings is 1. The van der Waals surface area contributed by atoms with Crippen LogP contribution in [0.1, 0.15) is 36.0 Å². The molecule has 5 nitrogen and oxygen atoms in total. The quantitative estimate of drug-likeness (QED) is 0.567. The van der Waals surface area contributed by atoms with Crippen molar-refractivity contribution in [1.29, 1.82) is 0 Å². The Morgan fingerprint density at radius 1 is 1.24 bits per heavy atom. The van der Waals surface area contributed by atoms with E-state index in [4.69, 9.17) is 11.6 Å². The van der Waals surface area contributed by atoms with Crippen LogP contribution in [0.15, 0.2) is 24.3 Å². The van der Waals surface area contributed by atoms with Crippen LogP contribution in [0.3, 0.4) is 0 Å². The third-order valence-electron chi connectivity index (χ3n) is 3.15. The number of rotatable bonds is 8. The Kier molecular flexibility index (Phi) is 5.47. The lowest BCUT2D eigenvalue weighted by Crippen LogP contribution is -2.27. The van der Waals surface area contributed by atoms with Crippen LogP contribution in [-0.2, 0) is 10.0 Å². The lowest BCUT2D eigenvalue weighted by Gasteiger charge is -2.12. The van der Waals surface area contributed by atoms with Gasteiger partial charge in [-0.1, -0.05) is 12.1 Å². The highest BCUT2D eigenvalue weighted by atomic mass is 35.5. The summed E-state index contributed by atoms with van der Waals surface area (Å²) in [5, 5.41) is 2.86. The van der Waals surface area contributed by atoms with Gasteiger partial charge in [0.1, 0.15) is 0 Å². The maximum Gasteiger partial charge on any atom is 0.253 e. The van der Waals surface area contributed by atoms with Crippen molar-refractivity contribution in [1.82, 2.24) is 5.32 Å². The van der Waals surface area contributed by atoms with E-state index in [9.17, 15) is 13.2 Å². The molecule has 0 radical (unpaired) electrons. The Morgan fingerprint density at radius 3 is 2.62 bits per heavy atom. The average molecular weight is 331 g/mol. The molecular formula is C14H19ClN2O3S. The Bertz CT molecular complexity index is 600. The van der Waals surface area contributed by atoms with E-state index in [1.165, 1.54) is 0 Å². The first-order valence-electron chi connectivity index (χ1n) is 6.98. The molecule has 1 aliphatic rings. The molecule has 0 bridgehead atoms. The highest BCUT2D eigenvalue weighted by molar-refractivity contribution is 7.92. The normalized spacial score (nSPS) is 14.7. The molecule has 1 amide bonds. The lowest BCUT2D eigenvalue weighted by atomic mass is 10.1. The fraction of sp³-hybridized carbons (Fsp3) is 0.500. The Balaban J connectivity index is 2.06. The van der Waals surface area contributed by atoms with Gasteiger partial charge in [0.05, 0.1) is 17.0 Å². The number of nitrogens with one attached hydrogen (secondary N) is 2. The molecule has 1 fully saturated rings. The molecule has 0 aliphatic heterocycles. The number of anilines is 1. The van der Waals surface area contributed by atoms with Crippen molar-refractivity contribution < 1.29 is 13.2 Å². The topological polar surface area (TPSA) is 75.3 Å². The average Bonchev–Trinajstić information content (AvgIpc) is 3.23. The van der Waals surface area contributed by atoms with Gasteiger partial charge in [0.25, 0.3) is 5.91 Å². The summed E-state index contributed by atoms with van der Waals surface area (Å²) in [5.74, 6) is 0.199. The van der Waals surface area contributed by atoms with Crippen LogP contribution >= 0.6 is 11.6 Å². The summed E-state index contributed by atoms with van der Waals surface area (Å²) >= 11 is 5.54. The zero-order valence-corrected chi connectivity index (χ0v) is 13.2. The van der Waals surface area contributed by atoms with Crippen molar-refractivity contribution in [3.05, 3.63) is 29.8 Å². The van der Waals surface area contributed by atoms with Gasteiger partial charge in [-0.3, -0.25) is 9.52 Å². The summed E-state index contributed by atoms with van der Waals surface area (Å²) < 4.78 is 26.5. The Hall–Kier alpha value is -1.27. The lowest BCUT2D eigenvalue weighted by molar-refractivity contribution is 0.0952. The van der Waals surface area contributed by atoms with Crippen molar-refractivity contribution in [2.24, 2.45) is 0 Å². The second-order valence-electron chi connectivity index (χ2n) is 5.11. The summed E-state index contributed by atoms with van der Waals surface area (Å²) in [6, 6.07) is 6.86. The van der Waals surface area contributed by atoms with Crippen molar-refractivity contribution >= 4 is 33.2 Å². The smallest absolute Gasteiger partial charge is 0.253 e. The number of para-hydroxylation sites is 1. The van der Waals surface area contributed by atoms with E-state index in [0.717, 1.165) is 12.8 Å². The van der Waals surface area contributed by atoms with E-state index >= 15 is 0 Å². The summed E-state index contributed by atoms with van der Waals surface area (Å²) in [4.78, 5) is 12.1. The molecule has 1 aliphatic carbocycles. The largest absolute Gasteiger partial charge is 0.349 e. The maximum atomic E-state index is 12.1. The molecule has 0 unspecified atom stereocenters. The third-order valence-corrected chi connectivity index (χ3v) is 4.77. The third kappa shape index (κ3) is 5.21. The van der Waals surface area contributed by atoms with E-state index in [1.54, 1.807) is 24.3 Å². The summed E-state index contributed by atoms with van der Waals surface area (Å²) in [6.45, 7) is 0. The van der Waals surface area contributed by atoms with Gasteiger partial charge in [0.15, 0.2) is 0 Å². The van der Waals surface area contributed by atoms with Gasteiger partial charge in [-0.2, -0.15) is 0 Å². The number of sulfonamides is 1. The minimum atomic E-state index is -3.46. The monoisotopic (exact) mass is 330 g/mol. The second-order valence-corrected chi connectivity index (χ2v) is 7.33. The van der Waals surface area contributed by atoms with Gasteiger partial charge in [0, 0.05) is 11.9 Å². The molecule has 1 saturated carbocycles. The van der Waals surface area contributed by atoms with Crippen molar-refractivity contribution in [3.8, 4) is 0 Å². The molecule has 2 N–H and O–H groups in total. The van der Waals surface area contributed by atoms with Crippen molar-refractivity contribution in [2.45, 2.75) is 31.7 Å². The van der Waals surface area contributed by atoms with Crippen LogP contribution in [0.25, 0.3) is 0 Å². The predicted octanol–water partition coefficient (Wildman–Crippen LogP) is 2.34. The molecular weight excluding hydrogens is 312 g/mol. The standard InChI is InChI=1S/C14H19ClN2O3S/c15-9-3-4-10-21(19,20)17-13-6-2-1-5-12(13)14(18)16-11-7-8-11/h1-2,5-6,11,17H,3-4,7-10H2,(H,16,18). The maximum absolute atomic E-state index is 12.1. The first-order valence-corrected chi connectivity index (χ1v) is 9.17. The highest BCUT2D eigenvalue weighted by Crippen LogP contribution is 2.22. The van der Waals surface area contributed by atoms with Crippen LogP contribution in [-0.4, -0.2) is 32.0 Å². The molecule has 1 aromatic carbocycles. The van der Waals surface area contributed by atoms with Crippen LogP contribution in [0.4, 0.5) is 5.69 Å². The number of carbonyl (C=O) groups excluding carboxylic acids is 1. The Labute approximate surface area is 130 Å². The number of alkyl halides is 1. The Morgan fingerprint density at radius 2 is 1.95 bits per heavy atom. The van der Waals surface area contributed by atoms with Gasteiger partial charge in [-0.05, 0) is 37.8 Å². The number of hydrogen-bond acceptors (Lipinski definition) is 3. The number of halogens is 1. The molecule has 0 atom stereocenters. The number of hydrogen-bond donors (Lipinski definition) is 2. The first-order chi connectivity index (χ1) is 10.0. The summed E-state index contributed by atoms with van der Waals surface area (Å²) in [7, 11) is -3.46. The molecule has 0 saturated heterocycles. The van der Waals surface area contributed by atoms with E-state index < -0.39 is 10.0 Å². The van der Waals surface area contributed by atoms with Crippen molar-refractivity contribution in [3.63, 3.8) is 0 Å². The molecule has 21 heavy (non-hydrogen) atoms. The van der Waals surface area contributed by atoms with E-state index in [0.29, 0.717) is 30.0 Å². The fourth-order valence-electron chi connectivity index (χ4n) is 1.87. The van der Waals surface area contributed by atoms with Gasteiger partial charge < -0.3 is 5.32 Å². The molecule has 0 spiro atoms. The zero-order valence-electron chi connectivity index (χ0n) is 11.6. The zero-order chi connectivity index (χ0) is 15.3. The molecule has 0 heterocycles. The SMILES string of the molecule is O=C(NC1CC1)c1ccccc1NS(=O)(=O)CCCCCl. The number of carbonyl (C=O) groups is 1. The van der Waals surface area contributed by atoms with Gasteiger partial charge >= 0.3 is 0 Å². The minimum absolute atomic E-state index is 0.00169. The second kappa shape index (κ2) is 7.13. The van der Waals surface area contributed by atoms with Crippen LogP contribution < -0.4 is 10.0 Å². The van der Waals surface area contributed by atoms with Gasteiger partial charge in [-0.15, -0.1) is 11.6 Å². The molecule has 7 heteroatoms. The van der Waals surface area contributed by atoms with Gasteiger partial charge in [0.2, 0.25) is 10.0 Å². The van der Waals surface area contributed by atoms with Crippen LogP contribution in [0.2, 0.25) is 0 Å². The first kappa shape index (κ1) is 16.1. The number of unbranched alkanes of at least 4 members (excludes halogenated alkanes) is 1. The number of amides is 1. The minimum Gasteiger partial charge on any atom is -0.349 e. The van der Waals surface area contributed by atoms with Crippen LogP contribution in [0, 0.1) is 0 Å². The summed E-state index contributed by atoms with van der Waals surface area (Å²) in [5.41, 5.74) is 0.673. The molecule has 1 aromatic rings. The highest BCUT2D eigenvalue weighted by Gasteiger charge is 2.25. The van der Waals surface area contributed by atoms with E-state index in [1.807, 2.05) is 0 Å². The van der Waals surface area contributed by atoms with E-state index in [-0.39, 0.29) is 17.7 Å². The summed E-state index contributed by atoms with van der Waals surface area (Å²) in [6.07, 6.45) is 3.11. The molecule has 116 valence electrons. The van der Waals surface area contributed by atoms with Crippen molar-refractivity contribution in [2.75, 3.05) is 16.4 Å².